The molecule has 0 fully saturated rings. The van der Waals surface area contributed by atoms with E-state index in [2.05, 4.69) is 24.1 Å². The van der Waals surface area contributed by atoms with E-state index >= 15 is 0 Å². The van der Waals surface area contributed by atoms with Crippen molar-refractivity contribution in [2.45, 2.75) is 78.4 Å². The van der Waals surface area contributed by atoms with Crippen LogP contribution in [0.15, 0.2) is 0 Å². The first kappa shape index (κ1) is 23.1. The van der Waals surface area contributed by atoms with Crippen molar-refractivity contribution in [3.05, 3.63) is 0 Å². The second-order valence-corrected chi connectivity index (χ2v) is 7.11. The fourth-order valence-electron chi connectivity index (χ4n) is 2.45. The molecule has 0 unspecified atom stereocenters. The summed E-state index contributed by atoms with van der Waals surface area (Å²) in [6, 6.07) is 0.268. The molecule has 0 spiro atoms. The number of nitrogens with zero attached hydrogens (tertiary/aromatic N) is 1. The Labute approximate surface area is 147 Å². The number of carbonyl (C=O) groups excluding carboxylic acids is 1. The Morgan fingerprint density at radius 2 is 1.83 bits per heavy atom. The van der Waals surface area contributed by atoms with Gasteiger partial charge in [0.05, 0.1) is 6.61 Å². The van der Waals surface area contributed by atoms with E-state index in [-0.39, 0.29) is 18.9 Å². The van der Waals surface area contributed by atoms with Crippen LogP contribution in [0.3, 0.4) is 0 Å². The smallest absolute Gasteiger partial charge is 0.407 e. The summed E-state index contributed by atoms with van der Waals surface area (Å²) in [6.07, 6.45) is 5.14. The first-order valence-electron chi connectivity index (χ1n) is 9.23. The van der Waals surface area contributed by atoms with Crippen LogP contribution in [-0.4, -0.2) is 60.8 Å². The molecule has 0 aromatic rings. The van der Waals surface area contributed by atoms with Crippen molar-refractivity contribution < 1.29 is 19.4 Å². The highest BCUT2D eigenvalue weighted by atomic mass is 16.6. The summed E-state index contributed by atoms with van der Waals surface area (Å²) in [5, 5.41) is 11.8. The molecule has 0 aromatic heterocycles. The van der Waals surface area contributed by atoms with Crippen LogP contribution in [0, 0.1) is 0 Å². The summed E-state index contributed by atoms with van der Waals surface area (Å²) in [5.74, 6) is 0. The molecule has 0 rings (SSSR count). The molecule has 1 atom stereocenters. The molecule has 6 heteroatoms. The molecule has 0 aliphatic rings. The van der Waals surface area contributed by atoms with Gasteiger partial charge in [-0.05, 0) is 40.2 Å². The van der Waals surface area contributed by atoms with Gasteiger partial charge in [0.2, 0.25) is 0 Å². The predicted molar refractivity (Wildman–Crippen MR) is 97.1 cm³/mol. The van der Waals surface area contributed by atoms with Crippen molar-refractivity contribution in [1.29, 1.82) is 0 Å². The van der Waals surface area contributed by atoms with E-state index in [0.29, 0.717) is 13.2 Å². The molecule has 0 saturated heterocycles. The molecule has 144 valence electrons. The molecule has 0 heterocycles. The monoisotopic (exact) mass is 346 g/mol. The average Bonchev–Trinajstić information content (AvgIpc) is 2.49. The van der Waals surface area contributed by atoms with Gasteiger partial charge in [0.1, 0.15) is 12.4 Å². The van der Waals surface area contributed by atoms with Crippen molar-refractivity contribution >= 4 is 6.09 Å². The zero-order chi connectivity index (χ0) is 18.4. The lowest BCUT2D eigenvalue weighted by molar-refractivity contribution is -0.0312. The SMILES string of the molecule is CCCC[C@@H](COCO)N(CCCC)CCNC(=O)OC(C)(C)C. The summed E-state index contributed by atoms with van der Waals surface area (Å²) in [4.78, 5) is 14.1. The van der Waals surface area contributed by atoms with Crippen molar-refractivity contribution in [1.82, 2.24) is 10.2 Å². The third-order valence-electron chi connectivity index (χ3n) is 3.67. The number of rotatable bonds is 13. The van der Waals surface area contributed by atoms with Crippen LogP contribution in [0.25, 0.3) is 0 Å². The Balaban J connectivity index is 4.50. The largest absolute Gasteiger partial charge is 0.444 e. The van der Waals surface area contributed by atoms with Gasteiger partial charge in [-0.25, -0.2) is 4.79 Å². The third-order valence-corrected chi connectivity index (χ3v) is 3.67. The van der Waals surface area contributed by atoms with Crippen LogP contribution >= 0.6 is 0 Å². The molecule has 6 nitrogen and oxygen atoms in total. The maximum atomic E-state index is 11.8. The van der Waals surface area contributed by atoms with Gasteiger partial charge in [0.25, 0.3) is 0 Å². The summed E-state index contributed by atoms with van der Waals surface area (Å²) >= 11 is 0. The van der Waals surface area contributed by atoms with E-state index in [9.17, 15) is 4.79 Å². The summed E-state index contributed by atoms with van der Waals surface area (Å²) < 4.78 is 10.5. The van der Waals surface area contributed by atoms with Gasteiger partial charge in [-0.1, -0.05) is 33.1 Å². The molecular weight excluding hydrogens is 308 g/mol. The number of hydrogen-bond acceptors (Lipinski definition) is 5. The maximum absolute atomic E-state index is 11.8. The van der Waals surface area contributed by atoms with Gasteiger partial charge in [-0.3, -0.25) is 4.90 Å². The lowest BCUT2D eigenvalue weighted by atomic mass is 10.1. The molecule has 1 amide bonds. The van der Waals surface area contributed by atoms with E-state index in [1.165, 1.54) is 0 Å². The number of alkyl carbamates (subject to hydrolysis) is 1. The summed E-state index contributed by atoms with van der Waals surface area (Å²) in [7, 11) is 0. The van der Waals surface area contributed by atoms with Crippen molar-refractivity contribution in [2.24, 2.45) is 0 Å². The van der Waals surface area contributed by atoms with E-state index < -0.39 is 5.60 Å². The topological polar surface area (TPSA) is 71.0 Å². The molecular formula is C18H38N2O4. The van der Waals surface area contributed by atoms with Crippen LogP contribution in [0.5, 0.6) is 0 Å². The van der Waals surface area contributed by atoms with Crippen molar-refractivity contribution in [3.63, 3.8) is 0 Å². The highest BCUT2D eigenvalue weighted by molar-refractivity contribution is 5.67. The Bertz CT molecular complexity index is 311. The molecule has 0 radical (unpaired) electrons. The average molecular weight is 347 g/mol. The second kappa shape index (κ2) is 13.4. The zero-order valence-electron chi connectivity index (χ0n) is 16.3. The highest BCUT2D eigenvalue weighted by Crippen LogP contribution is 2.11. The second-order valence-electron chi connectivity index (χ2n) is 7.11. The Morgan fingerprint density at radius 3 is 2.38 bits per heavy atom. The normalized spacial score (nSPS) is 13.1. The van der Waals surface area contributed by atoms with Gasteiger partial charge >= 0.3 is 6.09 Å². The minimum absolute atomic E-state index is 0.250. The van der Waals surface area contributed by atoms with Crippen LogP contribution in [-0.2, 0) is 9.47 Å². The van der Waals surface area contributed by atoms with Crippen molar-refractivity contribution in [2.75, 3.05) is 33.0 Å². The van der Waals surface area contributed by atoms with E-state index in [4.69, 9.17) is 14.6 Å². The van der Waals surface area contributed by atoms with Gasteiger partial charge in [0, 0.05) is 19.1 Å². The lowest BCUT2D eigenvalue weighted by Gasteiger charge is -2.31. The third kappa shape index (κ3) is 12.6. The standard InChI is InChI=1S/C18H38N2O4/c1-6-8-10-16(14-23-15-21)20(12-9-7-2)13-11-19-17(22)24-18(3,4)5/h16,21H,6-15H2,1-5H3,(H,19,22)/t16-/m0/s1. The van der Waals surface area contributed by atoms with Gasteiger partial charge in [-0.2, -0.15) is 0 Å². The summed E-state index contributed by atoms with van der Waals surface area (Å²) in [6.45, 7) is 12.4. The van der Waals surface area contributed by atoms with Gasteiger partial charge in [-0.15, -0.1) is 0 Å². The van der Waals surface area contributed by atoms with E-state index in [1.54, 1.807) is 0 Å². The fraction of sp³-hybridized carbons (Fsp3) is 0.944. The highest BCUT2D eigenvalue weighted by Gasteiger charge is 2.19. The van der Waals surface area contributed by atoms with Crippen LogP contribution in [0.1, 0.15) is 66.7 Å². The predicted octanol–water partition coefficient (Wildman–Crippen LogP) is 3.14. The van der Waals surface area contributed by atoms with Crippen molar-refractivity contribution in [3.8, 4) is 0 Å². The van der Waals surface area contributed by atoms with E-state index in [1.807, 2.05) is 20.8 Å². The molecule has 0 saturated carbocycles. The van der Waals surface area contributed by atoms with Crippen LogP contribution in [0.2, 0.25) is 0 Å². The number of nitrogens with one attached hydrogen (secondary N) is 1. The summed E-state index contributed by atoms with van der Waals surface area (Å²) in [5.41, 5.74) is -0.482. The lowest BCUT2D eigenvalue weighted by Crippen LogP contribution is -2.44. The number of hydrogen-bond donors (Lipinski definition) is 2. The minimum atomic E-state index is -0.482. The molecule has 2 N–H and O–H groups in total. The number of aliphatic hydroxyl groups excluding tert-OH is 1. The zero-order valence-corrected chi connectivity index (χ0v) is 16.3. The molecule has 0 bridgehead atoms. The number of carbonyl (C=O) groups is 1. The Morgan fingerprint density at radius 1 is 1.17 bits per heavy atom. The van der Waals surface area contributed by atoms with Gasteiger partial charge < -0.3 is 19.9 Å². The number of ether oxygens (including phenoxy) is 2. The van der Waals surface area contributed by atoms with E-state index in [0.717, 1.165) is 45.2 Å². The Hall–Kier alpha value is -0.850. The quantitative estimate of drug-likeness (QED) is 0.501. The fourth-order valence-corrected chi connectivity index (χ4v) is 2.45. The first-order chi connectivity index (χ1) is 11.3. The van der Waals surface area contributed by atoms with Crippen LogP contribution in [0.4, 0.5) is 4.79 Å². The number of aliphatic hydroxyl groups is 1. The Kier molecular flexibility index (Phi) is 13.0. The molecule has 0 aliphatic heterocycles. The van der Waals surface area contributed by atoms with Crippen LogP contribution < -0.4 is 5.32 Å². The first-order valence-corrected chi connectivity index (χ1v) is 9.23. The maximum Gasteiger partial charge on any atom is 0.407 e. The minimum Gasteiger partial charge on any atom is -0.444 e. The molecule has 0 aromatic carbocycles. The molecule has 24 heavy (non-hydrogen) atoms. The molecule has 0 aliphatic carbocycles. The number of amides is 1. The number of unbranched alkanes of at least 4 members (excludes halogenated alkanes) is 2. The van der Waals surface area contributed by atoms with Gasteiger partial charge in [0.15, 0.2) is 0 Å².